The first-order valence-corrected chi connectivity index (χ1v) is 8.78. The van der Waals surface area contributed by atoms with Crippen LogP contribution in [0.1, 0.15) is 25.0 Å². The number of amides is 2. The van der Waals surface area contributed by atoms with Crippen LogP contribution < -0.4 is 15.4 Å². The summed E-state index contributed by atoms with van der Waals surface area (Å²) in [5.74, 6) is 0.529. The largest absolute Gasteiger partial charge is 0.494 e. The van der Waals surface area contributed by atoms with Gasteiger partial charge in [-0.2, -0.15) is 0 Å². The van der Waals surface area contributed by atoms with Crippen molar-refractivity contribution in [3.05, 3.63) is 59.7 Å². The van der Waals surface area contributed by atoms with Gasteiger partial charge in [0.1, 0.15) is 5.75 Å². The molecule has 0 bridgehead atoms. The minimum atomic E-state index is -0.528. The first kappa shape index (κ1) is 20.0. The second kappa shape index (κ2) is 10.0. The molecule has 0 spiro atoms. The Balaban J connectivity index is 2.01. The Labute approximate surface area is 159 Å². The van der Waals surface area contributed by atoms with Crippen molar-refractivity contribution in [2.45, 2.75) is 20.8 Å². The van der Waals surface area contributed by atoms with Crippen molar-refractivity contribution in [3.8, 4) is 5.75 Å². The van der Waals surface area contributed by atoms with Crippen molar-refractivity contribution in [1.82, 2.24) is 0 Å². The molecule has 0 saturated heterocycles. The summed E-state index contributed by atoms with van der Waals surface area (Å²) in [5.41, 5.74) is 2.84. The summed E-state index contributed by atoms with van der Waals surface area (Å²) < 4.78 is 10.3. The van der Waals surface area contributed by atoms with Crippen LogP contribution in [0.25, 0.3) is 6.08 Å². The van der Waals surface area contributed by atoms with Crippen LogP contribution >= 0.6 is 0 Å². The van der Waals surface area contributed by atoms with E-state index < -0.39 is 6.09 Å². The zero-order chi connectivity index (χ0) is 19.6. The Hall–Kier alpha value is -3.28. The topological polar surface area (TPSA) is 76.7 Å². The number of rotatable bonds is 7. The summed E-state index contributed by atoms with van der Waals surface area (Å²) in [6.07, 6.45) is 2.65. The fourth-order valence-corrected chi connectivity index (χ4v) is 2.37. The third-order valence-electron chi connectivity index (χ3n) is 3.72. The van der Waals surface area contributed by atoms with Crippen LogP contribution in [-0.4, -0.2) is 25.2 Å². The van der Waals surface area contributed by atoms with Gasteiger partial charge in [-0.15, -0.1) is 0 Å². The molecule has 2 aromatic rings. The lowest BCUT2D eigenvalue weighted by atomic mass is 10.1. The smallest absolute Gasteiger partial charge is 0.411 e. The van der Waals surface area contributed by atoms with E-state index in [1.54, 1.807) is 31.2 Å². The average molecular weight is 368 g/mol. The Bertz CT molecular complexity index is 813. The molecule has 2 N–H and O–H groups in total. The van der Waals surface area contributed by atoms with E-state index >= 15 is 0 Å². The fourth-order valence-electron chi connectivity index (χ4n) is 2.37. The molecule has 2 amide bonds. The Kier molecular flexibility index (Phi) is 7.43. The summed E-state index contributed by atoms with van der Waals surface area (Å²) in [6, 6.07) is 12.7. The molecule has 142 valence electrons. The van der Waals surface area contributed by atoms with Crippen LogP contribution in [0.5, 0.6) is 5.75 Å². The van der Waals surface area contributed by atoms with E-state index in [-0.39, 0.29) is 12.5 Å². The molecule has 0 aromatic heterocycles. The average Bonchev–Trinajstić information content (AvgIpc) is 2.65. The highest BCUT2D eigenvalue weighted by atomic mass is 16.5. The van der Waals surface area contributed by atoms with E-state index in [1.165, 1.54) is 6.08 Å². The summed E-state index contributed by atoms with van der Waals surface area (Å²) in [6.45, 7) is 6.38. The monoisotopic (exact) mass is 368 g/mol. The van der Waals surface area contributed by atoms with E-state index in [9.17, 15) is 9.59 Å². The van der Waals surface area contributed by atoms with E-state index in [4.69, 9.17) is 9.47 Å². The molecule has 0 heterocycles. The maximum Gasteiger partial charge on any atom is 0.411 e. The Morgan fingerprint density at radius 3 is 2.26 bits per heavy atom. The SMILES string of the molecule is CCOC(=O)Nc1cccc(NC(=O)/C=C/c2ccc(OCC)cc2)c1C. The third-order valence-corrected chi connectivity index (χ3v) is 3.72. The number of ether oxygens (including phenoxy) is 2. The van der Waals surface area contributed by atoms with Crippen LogP contribution in [0.2, 0.25) is 0 Å². The van der Waals surface area contributed by atoms with Crippen LogP contribution in [0.4, 0.5) is 16.2 Å². The van der Waals surface area contributed by atoms with E-state index in [0.29, 0.717) is 18.0 Å². The van der Waals surface area contributed by atoms with Gasteiger partial charge >= 0.3 is 6.09 Å². The molecular weight excluding hydrogens is 344 g/mol. The minimum Gasteiger partial charge on any atom is -0.494 e. The normalized spacial score (nSPS) is 10.5. The lowest BCUT2D eigenvalue weighted by Crippen LogP contribution is -2.15. The van der Waals surface area contributed by atoms with Gasteiger partial charge in [0.2, 0.25) is 5.91 Å². The second-order valence-corrected chi connectivity index (χ2v) is 5.65. The predicted octanol–water partition coefficient (Wildman–Crippen LogP) is 4.61. The summed E-state index contributed by atoms with van der Waals surface area (Å²) in [4.78, 5) is 23.8. The quantitative estimate of drug-likeness (QED) is 0.700. The van der Waals surface area contributed by atoms with Crippen LogP contribution in [-0.2, 0) is 9.53 Å². The van der Waals surface area contributed by atoms with Crippen LogP contribution in [0.3, 0.4) is 0 Å². The van der Waals surface area contributed by atoms with Crippen molar-refractivity contribution in [3.63, 3.8) is 0 Å². The number of anilines is 2. The molecule has 0 aliphatic heterocycles. The highest BCUT2D eigenvalue weighted by Gasteiger charge is 2.09. The highest BCUT2D eigenvalue weighted by molar-refractivity contribution is 6.03. The van der Waals surface area contributed by atoms with Gasteiger partial charge in [-0.1, -0.05) is 18.2 Å². The standard InChI is InChI=1S/C21H24N2O4/c1-4-26-17-12-9-16(10-13-17)11-14-20(24)22-18-7-6-8-19(15(18)3)23-21(25)27-5-2/h6-14H,4-5H2,1-3H3,(H,22,24)(H,23,25)/b14-11+. The molecule has 2 aromatic carbocycles. The van der Waals surface area contributed by atoms with Crippen LogP contribution in [0.15, 0.2) is 48.5 Å². The van der Waals surface area contributed by atoms with Gasteiger partial charge in [-0.3, -0.25) is 10.1 Å². The molecule has 0 unspecified atom stereocenters. The minimum absolute atomic E-state index is 0.264. The molecule has 6 nitrogen and oxygen atoms in total. The second-order valence-electron chi connectivity index (χ2n) is 5.65. The van der Waals surface area contributed by atoms with Crippen LogP contribution in [0, 0.1) is 6.92 Å². The van der Waals surface area contributed by atoms with Crippen molar-refractivity contribution in [1.29, 1.82) is 0 Å². The first-order chi connectivity index (χ1) is 13.0. The number of carbonyl (C=O) groups is 2. The number of carbonyl (C=O) groups excluding carboxylic acids is 2. The molecule has 27 heavy (non-hydrogen) atoms. The Morgan fingerprint density at radius 2 is 1.63 bits per heavy atom. The van der Waals surface area contributed by atoms with Crippen molar-refractivity contribution in [2.75, 3.05) is 23.8 Å². The zero-order valence-corrected chi connectivity index (χ0v) is 15.7. The van der Waals surface area contributed by atoms with Crippen molar-refractivity contribution < 1.29 is 19.1 Å². The van der Waals surface area contributed by atoms with Gasteiger partial charge in [-0.25, -0.2) is 4.79 Å². The highest BCUT2D eigenvalue weighted by Crippen LogP contribution is 2.23. The molecule has 2 rings (SSSR count). The van der Waals surface area contributed by atoms with Crippen molar-refractivity contribution >= 4 is 29.5 Å². The molecule has 0 aliphatic rings. The van der Waals surface area contributed by atoms with Crippen molar-refractivity contribution in [2.24, 2.45) is 0 Å². The molecule has 0 saturated carbocycles. The number of benzene rings is 2. The van der Waals surface area contributed by atoms with Gasteiger partial charge in [0.25, 0.3) is 0 Å². The number of nitrogens with one attached hydrogen (secondary N) is 2. The summed E-state index contributed by atoms with van der Waals surface area (Å²) >= 11 is 0. The molecule has 0 atom stereocenters. The van der Waals surface area contributed by atoms with E-state index in [2.05, 4.69) is 10.6 Å². The first-order valence-electron chi connectivity index (χ1n) is 8.78. The fraction of sp³-hybridized carbons (Fsp3) is 0.238. The van der Waals surface area contributed by atoms with E-state index in [0.717, 1.165) is 16.9 Å². The zero-order valence-electron chi connectivity index (χ0n) is 15.7. The van der Waals surface area contributed by atoms with Gasteiger partial charge in [0.15, 0.2) is 0 Å². The lowest BCUT2D eigenvalue weighted by Gasteiger charge is -2.12. The van der Waals surface area contributed by atoms with Gasteiger partial charge < -0.3 is 14.8 Å². The van der Waals surface area contributed by atoms with Gasteiger partial charge in [-0.05, 0) is 62.2 Å². The molecule has 0 radical (unpaired) electrons. The third kappa shape index (κ3) is 6.18. The summed E-state index contributed by atoms with van der Waals surface area (Å²) in [7, 11) is 0. The molecule has 0 fully saturated rings. The number of hydrogen-bond donors (Lipinski definition) is 2. The van der Waals surface area contributed by atoms with Gasteiger partial charge in [0.05, 0.1) is 13.2 Å². The predicted molar refractivity (Wildman–Crippen MR) is 107 cm³/mol. The molecule has 6 heteroatoms. The summed E-state index contributed by atoms with van der Waals surface area (Å²) in [5, 5.41) is 5.47. The lowest BCUT2D eigenvalue weighted by molar-refractivity contribution is -0.111. The molecule has 0 aliphatic carbocycles. The van der Waals surface area contributed by atoms with E-state index in [1.807, 2.05) is 38.1 Å². The number of hydrogen-bond acceptors (Lipinski definition) is 4. The molecular formula is C21H24N2O4. The van der Waals surface area contributed by atoms with Gasteiger partial charge in [0, 0.05) is 17.5 Å². The maximum atomic E-state index is 12.2. The Morgan fingerprint density at radius 1 is 0.963 bits per heavy atom. The maximum absolute atomic E-state index is 12.2.